The van der Waals surface area contributed by atoms with Gasteiger partial charge in [0.25, 0.3) is 0 Å². The molecule has 3 fully saturated rings. The predicted molar refractivity (Wildman–Crippen MR) is 170 cm³/mol. The van der Waals surface area contributed by atoms with E-state index in [1.165, 1.54) is 19.3 Å². The lowest BCUT2D eigenvalue weighted by atomic mass is 9.89. The molecule has 0 atom stereocenters. The number of sulfonamides is 2. The van der Waals surface area contributed by atoms with E-state index in [1.807, 2.05) is 39.8 Å². The molecule has 5 rings (SSSR count). The monoisotopic (exact) mass is 634 g/mol. The van der Waals surface area contributed by atoms with E-state index in [0.717, 1.165) is 67.8 Å². The van der Waals surface area contributed by atoms with Gasteiger partial charge in [-0.15, -0.1) is 0 Å². The molecule has 0 unspecified atom stereocenters. The first-order valence-electron chi connectivity index (χ1n) is 15.9. The van der Waals surface area contributed by atoms with Crippen molar-refractivity contribution in [1.82, 2.24) is 18.9 Å². The van der Waals surface area contributed by atoms with E-state index in [1.54, 1.807) is 12.1 Å². The van der Waals surface area contributed by atoms with Crippen LogP contribution in [0, 0.1) is 12.8 Å². The molecule has 0 spiro atoms. The maximum absolute atomic E-state index is 13.7. The molecule has 1 aromatic carbocycles. The second kappa shape index (κ2) is 12.6. The SMILES string of the molecule is Cc1c(S(=O)(=O)NCCN2CCOCC2)cc(-c2ccc(S(=O)(=O)NC(C)(C)C)c(C3(C)CC3)c2)n1CC1CCCCC1. The molecular formula is C32H50N4O5S2. The molecule has 240 valence electrons. The van der Waals surface area contributed by atoms with Crippen LogP contribution in [0.15, 0.2) is 34.1 Å². The number of rotatable bonds is 11. The molecule has 43 heavy (non-hydrogen) atoms. The molecule has 1 aromatic heterocycles. The molecule has 1 saturated heterocycles. The fraction of sp³-hybridized carbons (Fsp3) is 0.688. The summed E-state index contributed by atoms with van der Waals surface area (Å²) in [4.78, 5) is 2.82. The van der Waals surface area contributed by atoms with E-state index >= 15 is 0 Å². The molecule has 2 aromatic rings. The molecule has 2 aliphatic carbocycles. The topological polar surface area (TPSA) is 110 Å². The second-order valence-electron chi connectivity index (χ2n) is 14.1. The lowest BCUT2D eigenvalue weighted by Crippen LogP contribution is -2.41. The molecule has 3 aliphatic rings. The highest BCUT2D eigenvalue weighted by atomic mass is 32.2. The van der Waals surface area contributed by atoms with Crippen LogP contribution in [0.4, 0.5) is 0 Å². The first-order chi connectivity index (χ1) is 20.2. The van der Waals surface area contributed by atoms with Crippen molar-refractivity contribution in [2.75, 3.05) is 39.4 Å². The first-order valence-corrected chi connectivity index (χ1v) is 18.8. The number of ether oxygens (including phenoxy) is 1. The van der Waals surface area contributed by atoms with E-state index in [9.17, 15) is 16.8 Å². The minimum absolute atomic E-state index is 0.218. The van der Waals surface area contributed by atoms with Crippen molar-refractivity contribution in [3.63, 3.8) is 0 Å². The molecule has 2 saturated carbocycles. The number of nitrogens with zero attached hydrogens (tertiary/aromatic N) is 2. The summed E-state index contributed by atoms with van der Waals surface area (Å²) in [5.41, 5.74) is 2.39. The van der Waals surface area contributed by atoms with Crippen LogP contribution in [0.3, 0.4) is 0 Å². The van der Waals surface area contributed by atoms with Crippen LogP contribution in [-0.4, -0.2) is 71.2 Å². The summed E-state index contributed by atoms with van der Waals surface area (Å²) >= 11 is 0. The molecular weight excluding hydrogens is 585 g/mol. The molecule has 0 bridgehead atoms. The summed E-state index contributed by atoms with van der Waals surface area (Å²) in [6.45, 7) is 14.2. The summed E-state index contributed by atoms with van der Waals surface area (Å²) in [6, 6.07) is 7.36. The van der Waals surface area contributed by atoms with E-state index in [2.05, 4.69) is 25.8 Å². The maximum atomic E-state index is 13.7. The highest BCUT2D eigenvalue weighted by Crippen LogP contribution is 2.50. The van der Waals surface area contributed by atoms with Crippen molar-refractivity contribution >= 4 is 20.0 Å². The van der Waals surface area contributed by atoms with Crippen molar-refractivity contribution in [3.05, 3.63) is 35.5 Å². The number of hydrogen-bond acceptors (Lipinski definition) is 6. The summed E-state index contributed by atoms with van der Waals surface area (Å²) in [6.07, 6.45) is 7.76. The molecule has 2 N–H and O–H groups in total. The van der Waals surface area contributed by atoms with Crippen molar-refractivity contribution in [3.8, 4) is 11.3 Å². The Morgan fingerprint density at radius 3 is 2.26 bits per heavy atom. The average Bonchev–Trinajstić information content (AvgIpc) is 3.61. The molecule has 0 amide bonds. The van der Waals surface area contributed by atoms with Gasteiger partial charge in [0.1, 0.15) is 4.90 Å². The minimum Gasteiger partial charge on any atom is -0.379 e. The van der Waals surface area contributed by atoms with Gasteiger partial charge in [-0.2, -0.15) is 0 Å². The fourth-order valence-electron chi connectivity index (χ4n) is 6.55. The van der Waals surface area contributed by atoms with Crippen molar-refractivity contribution in [2.24, 2.45) is 5.92 Å². The van der Waals surface area contributed by atoms with Gasteiger partial charge >= 0.3 is 0 Å². The van der Waals surface area contributed by atoms with Crippen LogP contribution in [0.1, 0.15) is 83.9 Å². The molecule has 0 radical (unpaired) electrons. The zero-order valence-electron chi connectivity index (χ0n) is 26.5. The maximum Gasteiger partial charge on any atom is 0.242 e. The lowest BCUT2D eigenvalue weighted by molar-refractivity contribution is 0.0390. The summed E-state index contributed by atoms with van der Waals surface area (Å²) in [7, 11) is -7.50. The number of hydrogen-bond donors (Lipinski definition) is 2. The Hall–Kier alpha value is -1.76. The number of benzene rings is 1. The Morgan fingerprint density at radius 2 is 1.63 bits per heavy atom. The third-order valence-electron chi connectivity index (χ3n) is 9.25. The summed E-state index contributed by atoms with van der Waals surface area (Å²) in [5, 5.41) is 0. The normalized spacial score (nSPS) is 20.4. The highest BCUT2D eigenvalue weighted by Gasteiger charge is 2.43. The van der Waals surface area contributed by atoms with Gasteiger partial charge in [-0.1, -0.05) is 32.3 Å². The van der Waals surface area contributed by atoms with Gasteiger partial charge < -0.3 is 9.30 Å². The van der Waals surface area contributed by atoms with Crippen molar-refractivity contribution in [1.29, 1.82) is 0 Å². The average molecular weight is 635 g/mol. The Balaban J connectivity index is 1.52. The number of morpholine rings is 1. The number of aromatic nitrogens is 1. The Morgan fingerprint density at radius 1 is 0.953 bits per heavy atom. The van der Waals surface area contributed by atoms with E-state index in [0.29, 0.717) is 42.0 Å². The third-order valence-corrected chi connectivity index (χ3v) is 12.6. The van der Waals surface area contributed by atoms with Gasteiger partial charge in [0.2, 0.25) is 20.0 Å². The molecule has 1 aliphatic heterocycles. The number of nitrogens with one attached hydrogen (secondary N) is 2. The summed E-state index contributed by atoms with van der Waals surface area (Å²) in [5.74, 6) is 0.486. The van der Waals surface area contributed by atoms with Crippen LogP contribution in [-0.2, 0) is 36.7 Å². The molecule has 2 heterocycles. The summed E-state index contributed by atoms with van der Waals surface area (Å²) < 4.78 is 67.6. The van der Waals surface area contributed by atoms with E-state index in [4.69, 9.17) is 4.74 Å². The van der Waals surface area contributed by atoms with E-state index < -0.39 is 25.6 Å². The van der Waals surface area contributed by atoms with Crippen LogP contribution >= 0.6 is 0 Å². The highest BCUT2D eigenvalue weighted by molar-refractivity contribution is 7.89. The quantitative estimate of drug-likeness (QED) is 0.368. The van der Waals surface area contributed by atoms with Gasteiger partial charge in [-0.25, -0.2) is 26.3 Å². The van der Waals surface area contributed by atoms with Gasteiger partial charge in [0.15, 0.2) is 0 Å². The molecule has 11 heteroatoms. The van der Waals surface area contributed by atoms with Crippen LogP contribution in [0.25, 0.3) is 11.3 Å². The van der Waals surface area contributed by atoms with Crippen molar-refractivity contribution in [2.45, 2.75) is 107 Å². The van der Waals surface area contributed by atoms with Gasteiger partial charge in [-0.05, 0) is 94.0 Å². The van der Waals surface area contributed by atoms with Crippen LogP contribution < -0.4 is 9.44 Å². The first kappa shape index (κ1) is 32.6. The van der Waals surface area contributed by atoms with Gasteiger partial charge in [0, 0.05) is 49.7 Å². The largest absolute Gasteiger partial charge is 0.379 e. The lowest BCUT2D eigenvalue weighted by Gasteiger charge is -2.26. The smallest absolute Gasteiger partial charge is 0.242 e. The van der Waals surface area contributed by atoms with Crippen LogP contribution in [0.2, 0.25) is 0 Å². The Bertz CT molecular complexity index is 1510. The second-order valence-corrected chi connectivity index (χ2v) is 17.5. The minimum atomic E-state index is -3.75. The van der Waals surface area contributed by atoms with Crippen molar-refractivity contribution < 1.29 is 21.6 Å². The fourth-order valence-corrected chi connectivity index (χ4v) is 9.59. The van der Waals surface area contributed by atoms with Gasteiger partial charge in [0.05, 0.1) is 18.1 Å². The van der Waals surface area contributed by atoms with Gasteiger partial charge in [-0.3, -0.25) is 4.90 Å². The standard InChI is InChI=1S/C32H50N4O5S2/c1-24-30(42(37,38)33-15-16-35-17-19-41-20-18-35)22-28(36(24)23-25-9-7-6-8-10-25)26-11-12-29(27(21-26)32(5)13-14-32)43(39,40)34-31(2,3)4/h11-12,21-22,25,33-34H,6-10,13-20,23H2,1-5H3. The zero-order valence-corrected chi connectivity index (χ0v) is 28.2. The predicted octanol–water partition coefficient (Wildman–Crippen LogP) is 4.78. The Kier molecular flexibility index (Phi) is 9.53. The zero-order chi connectivity index (χ0) is 31.0. The van der Waals surface area contributed by atoms with Crippen LogP contribution in [0.5, 0.6) is 0 Å². The van der Waals surface area contributed by atoms with E-state index in [-0.39, 0.29) is 5.41 Å². The third kappa shape index (κ3) is 7.73. The molecule has 9 nitrogen and oxygen atoms in total. The Labute approximate surface area is 258 Å².